The number of nitrogen functional groups attached to an aromatic ring is 1. The van der Waals surface area contributed by atoms with Crippen molar-refractivity contribution in [3.05, 3.63) is 35.8 Å². The standard InChI is InChI=1S/C13H14N4O2S/c1-3-19-12(18)9-6-11(16-7-10(9)14)20-13-15-5-4-8(2)17-13/h4-7H,3,14H2,1-2H3. The van der Waals surface area contributed by atoms with Crippen molar-refractivity contribution < 1.29 is 9.53 Å². The number of pyridine rings is 1. The molecule has 0 radical (unpaired) electrons. The van der Waals surface area contributed by atoms with E-state index in [1.54, 1.807) is 19.2 Å². The van der Waals surface area contributed by atoms with Crippen molar-refractivity contribution in [3.63, 3.8) is 0 Å². The van der Waals surface area contributed by atoms with Gasteiger partial charge in [-0.25, -0.2) is 19.7 Å². The Labute approximate surface area is 120 Å². The van der Waals surface area contributed by atoms with Crippen molar-refractivity contribution in [2.24, 2.45) is 0 Å². The molecule has 0 aromatic carbocycles. The van der Waals surface area contributed by atoms with Gasteiger partial charge in [0.1, 0.15) is 5.03 Å². The van der Waals surface area contributed by atoms with Crippen LogP contribution in [0.3, 0.4) is 0 Å². The van der Waals surface area contributed by atoms with E-state index in [4.69, 9.17) is 10.5 Å². The fraction of sp³-hybridized carbons (Fsp3) is 0.231. The van der Waals surface area contributed by atoms with Gasteiger partial charge in [0, 0.05) is 11.9 Å². The molecule has 2 N–H and O–H groups in total. The van der Waals surface area contributed by atoms with Crippen LogP contribution in [0.1, 0.15) is 23.0 Å². The van der Waals surface area contributed by atoms with Crippen LogP contribution in [0, 0.1) is 6.92 Å². The molecular formula is C13H14N4O2S. The number of ether oxygens (including phenoxy) is 1. The molecule has 0 aliphatic carbocycles. The van der Waals surface area contributed by atoms with E-state index in [-0.39, 0.29) is 5.69 Å². The van der Waals surface area contributed by atoms with E-state index < -0.39 is 5.97 Å². The highest BCUT2D eigenvalue weighted by Crippen LogP contribution is 2.25. The van der Waals surface area contributed by atoms with Crippen molar-refractivity contribution >= 4 is 23.4 Å². The van der Waals surface area contributed by atoms with Gasteiger partial charge in [0.15, 0.2) is 5.16 Å². The van der Waals surface area contributed by atoms with E-state index in [1.807, 2.05) is 13.0 Å². The molecule has 20 heavy (non-hydrogen) atoms. The van der Waals surface area contributed by atoms with Gasteiger partial charge in [-0.2, -0.15) is 0 Å². The SMILES string of the molecule is CCOC(=O)c1cc(Sc2nccc(C)n2)ncc1N. The second kappa shape index (κ2) is 6.33. The smallest absolute Gasteiger partial charge is 0.340 e. The molecule has 0 atom stereocenters. The number of carbonyl (C=O) groups excluding carboxylic acids is 1. The van der Waals surface area contributed by atoms with E-state index in [0.717, 1.165) is 5.69 Å². The Morgan fingerprint density at radius 3 is 2.95 bits per heavy atom. The second-order valence-corrected chi connectivity index (χ2v) is 4.90. The molecule has 2 heterocycles. The molecule has 2 aromatic heterocycles. The molecule has 2 aromatic rings. The van der Waals surface area contributed by atoms with Crippen molar-refractivity contribution in [2.75, 3.05) is 12.3 Å². The average Bonchev–Trinajstić information content (AvgIpc) is 2.41. The van der Waals surface area contributed by atoms with Gasteiger partial charge in [-0.1, -0.05) is 0 Å². The van der Waals surface area contributed by atoms with Gasteiger partial charge in [0.2, 0.25) is 0 Å². The minimum absolute atomic E-state index is 0.290. The third-order valence-corrected chi connectivity index (χ3v) is 3.19. The van der Waals surface area contributed by atoms with Crippen LogP contribution in [0.5, 0.6) is 0 Å². The fourth-order valence-corrected chi connectivity index (χ4v) is 2.23. The van der Waals surface area contributed by atoms with Crippen LogP contribution in [0.2, 0.25) is 0 Å². The van der Waals surface area contributed by atoms with Crippen LogP contribution < -0.4 is 5.73 Å². The third kappa shape index (κ3) is 3.45. The summed E-state index contributed by atoms with van der Waals surface area (Å²) in [6.45, 7) is 3.92. The molecule has 0 spiro atoms. The lowest BCUT2D eigenvalue weighted by atomic mass is 10.2. The zero-order valence-corrected chi connectivity index (χ0v) is 12.0. The first kappa shape index (κ1) is 14.3. The normalized spacial score (nSPS) is 10.3. The van der Waals surface area contributed by atoms with Crippen molar-refractivity contribution in [1.29, 1.82) is 0 Å². The Kier molecular flexibility index (Phi) is 4.52. The number of hydrogen-bond donors (Lipinski definition) is 1. The van der Waals surface area contributed by atoms with E-state index in [9.17, 15) is 4.79 Å². The summed E-state index contributed by atoms with van der Waals surface area (Å²) in [5.74, 6) is -0.459. The number of nitrogens with zero attached hydrogens (tertiary/aromatic N) is 3. The number of esters is 1. The average molecular weight is 290 g/mol. The molecule has 0 saturated heterocycles. The van der Waals surface area contributed by atoms with Crippen LogP contribution in [0.25, 0.3) is 0 Å². The predicted octanol–water partition coefficient (Wildman–Crippen LogP) is 2.09. The van der Waals surface area contributed by atoms with Gasteiger partial charge < -0.3 is 10.5 Å². The summed E-state index contributed by atoms with van der Waals surface area (Å²) in [5, 5.41) is 1.16. The Bertz CT molecular complexity index is 634. The highest BCUT2D eigenvalue weighted by Gasteiger charge is 2.13. The molecule has 0 saturated carbocycles. The molecule has 0 aliphatic rings. The molecule has 6 nitrogen and oxygen atoms in total. The topological polar surface area (TPSA) is 91.0 Å². The van der Waals surface area contributed by atoms with Crippen molar-refractivity contribution in [1.82, 2.24) is 15.0 Å². The van der Waals surface area contributed by atoms with Crippen LogP contribution in [0.4, 0.5) is 5.69 Å². The fourth-order valence-electron chi connectivity index (χ4n) is 1.46. The molecule has 7 heteroatoms. The second-order valence-electron chi connectivity index (χ2n) is 3.91. The summed E-state index contributed by atoms with van der Waals surface area (Å²) in [6, 6.07) is 3.40. The first-order valence-corrected chi connectivity index (χ1v) is 6.82. The Hall–Kier alpha value is -2.15. The molecule has 0 fully saturated rings. The van der Waals surface area contributed by atoms with Crippen molar-refractivity contribution in [2.45, 2.75) is 24.0 Å². The first-order chi connectivity index (χ1) is 9.60. The molecule has 0 unspecified atom stereocenters. The van der Waals surface area contributed by atoms with E-state index in [0.29, 0.717) is 22.4 Å². The summed E-state index contributed by atoms with van der Waals surface area (Å²) in [4.78, 5) is 24.3. The number of aryl methyl sites for hydroxylation is 1. The minimum Gasteiger partial charge on any atom is -0.462 e. The van der Waals surface area contributed by atoms with Gasteiger partial charge in [-0.15, -0.1) is 0 Å². The van der Waals surface area contributed by atoms with Crippen LogP contribution >= 0.6 is 11.8 Å². The number of rotatable bonds is 4. The molecule has 0 amide bonds. The highest BCUT2D eigenvalue weighted by atomic mass is 32.2. The maximum atomic E-state index is 11.8. The summed E-state index contributed by atoms with van der Waals surface area (Å²) >= 11 is 1.26. The lowest BCUT2D eigenvalue weighted by molar-refractivity contribution is 0.0527. The number of anilines is 1. The Balaban J connectivity index is 2.25. The number of carbonyl (C=O) groups is 1. The number of hydrogen-bond acceptors (Lipinski definition) is 7. The maximum absolute atomic E-state index is 11.8. The molecule has 2 rings (SSSR count). The largest absolute Gasteiger partial charge is 0.462 e. The molecule has 104 valence electrons. The zero-order chi connectivity index (χ0) is 14.5. The minimum atomic E-state index is -0.459. The van der Waals surface area contributed by atoms with E-state index in [2.05, 4.69) is 15.0 Å². The third-order valence-electron chi connectivity index (χ3n) is 2.37. The number of nitrogens with two attached hydrogens (primary N) is 1. The summed E-state index contributed by atoms with van der Waals surface area (Å²) < 4.78 is 4.95. The quantitative estimate of drug-likeness (QED) is 0.681. The van der Waals surface area contributed by atoms with Crippen LogP contribution in [-0.4, -0.2) is 27.5 Å². The van der Waals surface area contributed by atoms with Gasteiger partial charge in [-0.05, 0) is 37.7 Å². The van der Waals surface area contributed by atoms with Gasteiger partial charge >= 0.3 is 5.97 Å². The van der Waals surface area contributed by atoms with E-state index in [1.165, 1.54) is 18.0 Å². The molecule has 0 bridgehead atoms. The monoisotopic (exact) mass is 290 g/mol. The maximum Gasteiger partial charge on any atom is 0.340 e. The number of aromatic nitrogens is 3. The molecule has 0 aliphatic heterocycles. The Morgan fingerprint density at radius 2 is 2.25 bits per heavy atom. The van der Waals surface area contributed by atoms with Crippen LogP contribution in [-0.2, 0) is 4.74 Å². The van der Waals surface area contributed by atoms with E-state index >= 15 is 0 Å². The summed E-state index contributed by atoms with van der Waals surface area (Å²) in [6.07, 6.45) is 3.11. The molecular weight excluding hydrogens is 276 g/mol. The Morgan fingerprint density at radius 1 is 1.45 bits per heavy atom. The van der Waals surface area contributed by atoms with Crippen LogP contribution in [0.15, 0.2) is 34.7 Å². The van der Waals surface area contributed by atoms with Gasteiger partial charge in [0.05, 0.1) is 24.1 Å². The lowest BCUT2D eigenvalue weighted by Crippen LogP contribution is -2.08. The summed E-state index contributed by atoms with van der Waals surface area (Å²) in [5.41, 5.74) is 7.19. The lowest BCUT2D eigenvalue weighted by Gasteiger charge is -2.06. The summed E-state index contributed by atoms with van der Waals surface area (Å²) in [7, 11) is 0. The first-order valence-electron chi connectivity index (χ1n) is 6.00. The van der Waals surface area contributed by atoms with Gasteiger partial charge in [-0.3, -0.25) is 0 Å². The predicted molar refractivity (Wildman–Crippen MR) is 75.5 cm³/mol. The van der Waals surface area contributed by atoms with Gasteiger partial charge in [0.25, 0.3) is 0 Å². The van der Waals surface area contributed by atoms with Crippen molar-refractivity contribution in [3.8, 4) is 0 Å². The highest BCUT2D eigenvalue weighted by molar-refractivity contribution is 7.99. The zero-order valence-electron chi connectivity index (χ0n) is 11.2.